The number of hydrogen-bond donors (Lipinski definition) is 0. The Morgan fingerprint density at radius 2 is 1.69 bits per heavy atom. The van der Waals surface area contributed by atoms with Gasteiger partial charge in [0.15, 0.2) is 11.6 Å². The summed E-state index contributed by atoms with van der Waals surface area (Å²) in [6.07, 6.45) is 8.09. The van der Waals surface area contributed by atoms with Gasteiger partial charge < -0.3 is 9.47 Å². The van der Waals surface area contributed by atoms with Gasteiger partial charge in [0.1, 0.15) is 11.2 Å². The van der Waals surface area contributed by atoms with Crippen molar-refractivity contribution in [3.05, 3.63) is 71.6 Å². The highest BCUT2D eigenvalue weighted by Crippen LogP contribution is 2.46. The molecule has 2 aromatic heterocycles. The van der Waals surface area contributed by atoms with E-state index in [2.05, 4.69) is 56.1 Å². The van der Waals surface area contributed by atoms with Crippen LogP contribution in [-0.4, -0.2) is 38.7 Å². The minimum absolute atomic E-state index is 0.368. The molecule has 1 aromatic carbocycles. The largest absolute Gasteiger partial charge is 0.345 e. The molecule has 3 aliphatic rings. The van der Waals surface area contributed by atoms with Crippen LogP contribution in [0.1, 0.15) is 59.9 Å². The molecule has 6 nitrogen and oxygen atoms in total. The lowest BCUT2D eigenvalue weighted by molar-refractivity contribution is -0.159. The fourth-order valence-corrected chi connectivity index (χ4v) is 5.92. The molecule has 0 bridgehead atoms. The van der Waals surface area contributed by atoms with E-state index in [1.807, 2.05) is 12.3 Å². The average Bonchev–Trinajstić information content (AvgIpc) is 3.46. The van der Waals surface area contributed by atoms with E-state index in [0.29, 0.717) is 31.5 Å². The van der Waals surface area contributed by atoms with Crippen LogP contribution in [-0.2, 0) is 22.3 Å². The SMILES string of the molecule is ClC1c2nnc([C@H]3CC[C@H](Cc4ccccn4)CC3)n2-c2ccccc2CC12OCCO2. The fraction of sp³-hybridized carbons (Fsp3) is 0.480. The molecule has 32 heavy (non-hydrogen) atoms. The summed E-state index contributed by atoms with van der Waals surface area (Å²) in [5.41, 5.74) is 3.44. The van der Waals surface area contributed by atoms with Crippen molar-refractivity contribution in [1.29, 1.82) is 0 Å². The number of pyridine rings is 1. The number of rotatable bonds is 3. The normalized spacial score (nSPS) is 26.5. The predicted octanol–water partition coefficient (Wildman–Crippen LogP) is 4.76. The van der Waals surface area contributed by atoms with E-state index in [0.717, 1.165) is 42.2 Å². The topological polar surface area (TPSA) is 62.1 Å². The Hall–Kier alpha value is -2.28. The molecule has 1 saturated carbocycles. The van der Waals surface area contributed by atoms with Gasteiger partial charge in [-0.3, -0.25) is 9.55 Å². The molecule has 1 spiro atoms. The van der Waals surface area contributed by atoms with E-state index in [-0.39, 0.29) is 0 Å². The molecule has 0 amide bonds. The zero-order valence-corrected chi connectivity index (χ0v) is 18.7. The Labute approximate surface area is 192 Å². The molecule has 1 saturated heterocycles. The number of fused-ring (bicyclic) bond motifs is 3. The molecule has 1 unspecified atom stereocenters. The molecular formula is C25H27ClN4O2. The summed E-state index contributed by atoms with van der Waals surface area (Å²) in [6, 6.07) is 14.6. The first-order valence-electron chi connectivity index (χ1n) is 11.6. The van der Waals surface area contributed by atoms with E-state index in [1.54, 1.807) is 0 Å². The third-order valence-corrected chi connectivity index (χ3v) is 7.73. The first kappa shape index (κ1) is 20.3. The van der Waals surface area contributed by atoms with Crippen molar-refractivity contribution in [2.24, 2.45) is 5.92 Å². The van der Waals surface area contributed by atoms with Crippen molar-refractivity contribution in [2.45, 2.75) is 55.6 Å². The Balaban J connectivity index is 1.30. The summed E-state index contributed by atoms with van der Waals surface area (Å²) >= 11 is 6.99. The highest BCUT2D eigenvalue weighted by Gasteiger charge is 2.49. The van der Waals surface area contributed by atoms with Crippen LogP contribution >= 0.6 is 11.6 Å². The molecular weight excluding hydrogens is 424 g/mol. The lowest BCUT2D eigenvalue weighted by atomic mass is 9.79. The van der Waals surface area contributed by atoms with E-state index in [1.165, 1.54) is 18.5 Å². The summed E-state index contributed by atoms with van der Waals surface area (Å²) in [4.78, 5) is 4.51. The molecule has 0 N–H and O–H groups in total. The zero-order chi connectivity index (χ0) is 21.5. The molecule has 2 fully saturated rings. The third kappa shape index (κ3) is 3.45. The average molecular weight is 451 g/mol. The zero-order valence-electron chi connectivity index (χ0n) is 18.0. The van der Waals surface area contributed by atoms with Crippen molar-refractivity contribution in [3.63, 3.8) is 0 Å². The van der Waals surface area contributed by atoms with Gasteiger partial charge in [-0.25, -0.2) is 0 Å². The molecule has 4 heterocycles. The van der Waals surface area contributed by atoms with Crippen molar-refractivity contribution in [3.8, 4) is 5.69 Å². The lowest BCUT2D eigenvalue weighted by Gasteiger charge is -2.29. The van der Waals surface area contributed by atoms with Gasteiger partial charge >= 0.3 is 0 Å². The van der Waals surface area contributed by atoms with Gasteiger partial charge in [0.2, 0.25) is 0 Å². The number of ether oxygens (including phenoxy) is 2. The van der Waals surface area contributed by atoms with E-state index >= 15 is 0 Å². The first-order valence-corrected chi connectivity index (χ1v) is 12.0. The maximum Gasteiger partial charge on any atom is 0.196 e. The maximum absolute atomic E-state index is 6.99. The van der Waals surface area contributed by atoms with Crippen LogP contribution in [0.2, 0.25) is 0 Å². The Morgan fingerprint density at radius 3 is 2.47 bits per heavy atom. The van der Waals surface area contributed by atoms with Crippen LogP contribution in [0.15, 0.2) is 48.7 Å². The molecule has 6 rings (SSSR count). The molecule has 1 aliphatic carbocycles. The summed E-state index contributed by atoms with van der Waals surface area (Å²) in [5, 5.41) is 8.75. The molecule has 7 heteroatoms. The number of hydrogen-bond acceptors (Lipinski definition) is 5. The Kier molecular flexibility index (Phi) is 5.24. The van der Waals surface area contributed by atoms with E-state index in [9.17, 15) is 0 Å². The van der Waals surface area contributed by atoms with Crippen LogP contribution in [0.5, 0.6) is 0 Å². The number of alkyl halides is 1. The number of nitrogens with zero attached hydrogens (tertiary/aromatic N) is 4. The van der Waals surface area contributed by atoms with Crippen molar-refractivity contribution in [1.82, 2.24) is 19.7 Å². The van der Waals surface area contributed by atoms with Gasteiger partial charge in [-0.15, -0.1) is 21.8 Å². The molecule has 1 atom stereocenters. The number of aromatic nitrogens is 4. The highest BCUT2D eigenvalue weighted by molar-refractivity contribution is 6.21. The molecule has 2 aliphatic heterocycles. The van der Waals surface area contributed by atoms with E-state index in [4.69, 9.17) is 21.1 Å². The van der Waals surface area contributed by atoms with Crippen LogP contribution in [0.3, 0.4) is 0 Å². The van der Waals surface area contributed by atoms with Crippen LogP contribution in [0.4, 0.5) is 0 Å². The number of benzene rings is 1. The standard InChI is InChI=1S/C25H27ClN4O2/c26-22-24-29-28-23(18-10-8-17(9-11-18)15-20-6-3-4-12-27-20)30(24)21-7-2-1-5-19(21)16-25(22)31-13-14-32-25/h1-7,12,17-18,22H,8-11,13-16H2/t17-,18-,22?. The Morgan fingerprint density at radius 1 is 0.938 bits per heavy atom. The van der Waals surface area contributed by atoms with Gasteiger partial charge in [0.05, 0.1) is 18.9 Å². The smallest absolute Gasteiger partial charge is 0.196 e. The number of halogens is 1. The van der Waals surface area contributed by atoms with Gasteiger partial charge in [-0.2, -0.15) is 0 Å². The van der Waals surface area contributed by atoms with Crippen molar-refractivity contribution < 1.29 is 9.47 Å². The van der Waals surface area contributed by atoms with Gasteiger partial charge in [0.25, 0.3) is 0 Å². The second-order valence-electron chi connectivity index (χ2n) is 9.17. The minimum Gasteiger partial charge on any atom is -0.345 e. The minimum atomic E-state index is -0.878. The predicted molar refractivity (Wildman–Crippen MR) is 121 cm³/mol. The van der Waals surface area contributed by atoms with Gasteiger partial charge in [-0.05, 0) is 61.8 Å². The third-order valence-electron chi connectivity index (χ3n) is 7.21. The fourth-order valence-electron chi connectivity index (χ4n) is 5.57. The maximum atomic E-state index is 6.99. The monoisotopic (exact) mass is 450 g/mol. The van der Waals surface area contributed by atoms with Gasteiger partial charge in [0, 0.05) is 24.2 Å². The summed E-state index contributed by atoms with van der Waals surface area (Å²) < 4.78 is 14.3. The second kappa shape index (κ2) is 8.25. The molecule has 0 radical (unpaired) electrons. The summed E-state index contributed by atoms with van der Waals surface area (Å²) in [5.74, 6) is 1.90. The molecule has 166 valence electrons. The van der Waals surface area contributed by atoms with Crippen molar-refractivity contribution in [2.75, 3.05) is 13.2 Å². The summed E-state index contributed by atoms with van der Waals surface area (Å²) in [6.45, 7) is 1.10. The first-order chi connectivity index (χ1) is 15.7. The highest BCUT2D eigenvalue weighted by atomic mass is 35.5. The lowest BCUT2D eigenvalue weighted by Crippen LogP contribution is -2.37. The van der Waals surface area contributed by atoms with Crippen LogP contribution < -0.4 is 0 Å². The quantitative estimate of drug-likeness (QED) is 0.538. The van der Waals surface area contributed by atoms with Crippen molar-refractivity contribution >= 4 is 11.6 Å². The summed E-state index contributed by atoms with van der Waals surface area (Å²) in [7, 11) is 0. The Bertz CT molecular complexity index is 1090. The number of para-hydroxylation sites is 1. The van der Waals surface area contributed by atoms with E-state index < -0.39 is 11.2 Å². The van der Waals surface area contributed by atoms with Crippen LogP contribution in [0.25, 0.3) is 5.69 Å². The second-order valence-corrected chi connectivity index (χ2v) is 9.61. The molecule has 3 aromatic rings. The van der Waals surface area contributed by atoms with Gasteiger partial charge in [-0.1, -0.05) is 24.3 Å². The van der Waals surface area contributed by atoms with Crippen LogP contribution in [0, 0.1) is 5.92 Å².